The van der Waals surface area contributed by atoms with Crippen molar-refractivity contribution in [2.75, 3.05) is 32.1 Å². The molecule has 0 saturated carbocycles. The number of anilines is 1. The van der Waals surface area contributed by atoms with Gasteiger partial charge in [0.15, 0.2) is 5.13 Å². The molecule has 2 amide bonds. The lowest BCUT2D eigenvalue weighted by molar-refractivity contribution is 0.102. The molecule has 0 spiro atoms. The van der Waals surface area contributed by atoms with E-state index >= 15 is 0 Å². The van der Waals surface area contributed by atoms with E-state index in [0.717, 1.165) is 17.0 Å². The molecule has 0 aliphatic carbocycles. The normalized spacial score (nSPS) is 21.4. The van der Waals surface area contributed by atoms with Crippen LogP contribution < -0.4 is 5.32 Å². The topological polar surface area (TPSA) is 109 Å². The standard InChI is InChI=1S/C22H28N4O5S2/c1-14-10-15(2)12-26(11-14)33(29,30)17-6-4-16(5-7-17)20(27)24-21-23-18-8-9-25(22(28)31-3)13-19(18)32-21/h4-7,14-15H,8-13H2,1-3H3,(H,23,24,27). The Morgan fingerprint density at radius 1 is 1.15 bits per heavy atom. The molecule has 33 heavy (non-hydrogen) atoms. The highest BCUT2D eigenvalue weighted by Crippen LogP contribution is 2.29. The Morgan fingerprint density at radius 2 is 1.82 bits per heavy atom. The van der Waals surface area contributed by atoms with E-state index < -0.39 is 10.0 Å². The first kappa shape index (κ1) is 23.7. The van der Waals surface area contributed by atoms with Crippen molar-refractivity contribution < 1.29 is 22.7 Å². The van der Waals surface area contributed by atoms with Crippen LogP contribution in [0.5, 0.6) is 0 Å². The number of hydrogen-bond donors (Lipinski definition) is 1. The molecular formula is C22H28N4O5S2. The molecule has 1 fully saturated rings. The molecule has 2 aliphatic rings. The summed E-state index contributed by atoms with van der Waals surface area (Å²) in [6.45, 7) is 6.06. The van der Waals surface area contributed by atoms with Crippen LogP contribution in [-0.4, -0.2) is 61.4 Å². The lowest BCUT2D eigenvalue weighted by Gasteiger charge is -2.34. The molecule has 1 saturated heterocycles. The van der Waals surface area contributed by atoms with E-state index in [1.165, 1.54) is 42.7 Å². The van der Waals surface area contributed by atoms with Crippen molar-refractivity contribution in [1.29, 1.82) is 0 Å². The molecule has 0 radical (unpaired) electrons. The molecule has 2 aliphatic heterocycles. The number of carbonyl (C=O) groups excluding carboxylic acids is 2. The molecular weight excluding hydrogens is 464 g/mol. The first-order valence-corrected chi connectivity index (χ1v) is 13.2. The van der Waals surface area contributed by atoms with Crippen LogP contribution in [0.4, 0.5) is 9.93 Å². The molecule has 2 unspecified atom stereocenters. The molecule has 11 heteroatoms. The average molecular weight is 493 g/mol. The van der Waals surface area contributed by atoms with Gasteiger partial charge < -0.3 is 9.64 Å². The van der Waals surface area contributed by atoms with Crippen molar-refractivity contribution in [3.05, 3.63) is 40.4 Å². The number of benzene rings is 1. The molecule has 4 rings (SSSR count). The average Bonchev–Trinajstić information content (AvgIpc) is 3.19. The second-order valence-corrected chi connectivity index (χ2v) is 11.8. The molecule has 1 N–H and O–H groups in total. The van der Waals surface area contributed by atoms with Crippen LogP contribution in [0.25, 0.3) is 0 Å². The highest BCUT2D eigenvalue weighted by molar-refractivity contribution is 7.89. The molecule has 0 bridgehead atoms. The van der Waals surface area contributed by atoms with Crippen LogP contribution in [-0.2, 0) is 27.7 Å². The maximum atomic E-state index is 13.0. The van der Waals surface area contributed by atoms with Crippen LogP contribution in [0.3, 0.4) is 0 Å². The van der Waals surface area contributed by atoms with Crippen molar-refractivity contribution in [3.8, 4) is 0 Å². The zero-order chi connectivity index (χ0) is 23.8. The van der Waals surface area contributed by atoms with Crippen LogP contribution in [0.2, 0.25) is 0 Å². The third-order valence-corrected chi connectivity index (χ3v) is 8.82. The number of ether oxygens (including phenoxy) is 1. The van der Waals surface area contributed by atoms with Gasteiger partial charge in [-0.25, -0.2) is 18.2 Å². The minimum Gasteiger partial charge on any atom is -0.453 e. The summed E-state index contributed by atoms with van der Waals surface area (Å²) in [5, 5.41) is 3.23. The number of nitrogens with one attached hydrogen (secondary N) is 1. The Bertz CT molecular complexity index is 1140. The van der Waals surface area contributed by atoms with Gasteiger partial charge in [0.2, 0.25) is 10.0 Å². The number of amides is 2. The lowest BCUT2D eigenvalue weighted by atomic mass is 9.94. The summed E-state index contributed by atoms with van der Waals surface area (Å²) in [5.41, 5.74) is 1.21. The minimum atomic E-state index is -3.60. The van der Waals surface area contributed by atoms with Crippen molar-refractivity contribution in [1.82, 2.24) is 14.2 Å². The third-order valence-electron chi connectivity index (χ3n) is 5.97. The predicted octanol–water partition coefficient (Wildman–Crippen LogP) is 3.19. The van der Waals surface area contributed by atoms with Gasteiger partial charge in [0, 0.05) is 36.5 Å². The number of thiazole rings is 1. The first-order valence-electron chi connectivity index (χ1n) is 10.9. The van der Waals surface area contributed by atoms with Gasteiger partial charge in [0.25, 0.3) is 5.91 Å². The maximum Gasteiger partial charge on any atom is 0.409 e. The minimum absolute atomic E-state index is 0.188. The number of sulfonamides is 1. The van der Waals surface area contributed by atoms with Crippen LogP contribution in [0.15, 0.2) is 29.2 Å². The van der Waals surface area contributed by atoms with Gasteiger partial charge in [-0.1, -0.05) is 25.2 Å². The number of nitrogens with zero attached hydrogens (tertiary/aromatic N) is 3. The van der Waals surface area contributed by atoms with E-state index in [1.54, 1.807) is 9.21 Å². The van der Waals surface area contributed by atoms with Crippen LogP contribution >= 0.6 is 11.3 Å². The smallest absolute Gasteiger partial charge is 0.409 e. The van der Waals surface area contributed by atoms with Gasteiger partial charge in [-0.3, -0.25) is 10.1 Å². The van der Waals surface area contributed by atoms with Crippen molar-refractivity contribution in [3.63, 3.8) is 0 Å². The molecule has 1 aromatic heterocycles. The zero-order valence-electron chi connectivity index (χ0n) is 18.9. The zero-order valence-corrected chi connectivity index (χ0v) is 20.5. The number of piperidine rings is 1. The van der Waals surface area contributed by atoms with E-state index in [1.807, 2.05) is 0 Å². The van der Waals surface area contributed by atoms with E-state index in [4.69, 9.17) is 4.74 Å². The number of hydrogen-bond acceptors (Lipinski definition) is 7. The summed E-state index contributed by atoms with van der Waals surface area (Å²) in [5.74, 6) is 0.268. The number of rotatable bonds is 4. The Morgan fingerprint density at radius 3 is 2.45 bits per heavy atom. The van der Waals surface area contributed by atoms with E-state index in [2.05, 4.69) is 24.1 Å². The summed E-state index contributed by atoms with van der Waals surface area (Å²) >= 11 is 1.32. The molecule has 1 aromatic carbocycles. The van der Waals surface area contributed by atoms with E-state index in [9.17, 15) is 18.0 Å². The van der Waals surface area contributed by atoms with Gasteiger partial charge in [-0.05, 0) is 42.5 Å². The van der Waals surface area contributed by atoms with E-state index in [0.29, 0.717) is 55.1 Å². The van der Waals surface area contributed by atoms with Crippen LogP contribution in [0, 0.1) is 11.8 Å². The second-order valence-electron chi connectivity index (χ2n) is 8.78. The number of fused-ring (bicyclic) bond motifs is 1. The summed E-state index contributed by atoms with van der Waals surface area (Å²) < 4.78 is 32.4. The highest BCUT2D eigenvalue weighted by Gasteiger charge is 2.32. The lowest BCUT2D eigenvalue weighted by Crippen LogP contribution is -2.42. The first-order chi connectivity index (χ1) is 15.7. The van der Waals surface area contributed by atoms with Crippen LogP contribution in [0.1, 0.15) is 41.2 Å². The van der Waals surface area contributed by atoms with Gasteiger partial charge in [-0.15, -0.1) is 0 Å². The molecule has 178 valence electrons. The summed E-state index contributed by atoms with van der Waals surface area (Å²) in [7, 11) is -2.25. The fraction of sp³-hybridized carbons (Fsp3) is 0.500. The largest absolute Gasteiger partial charge is 0.453 e. The maximum absolute atomic E-state index is 13.0. The molecule has 2 aromatic rings. The van der Waals surface area contributed by atoms with Crippen molar-refractivity contribution in [2.24, 2.45) is 11.8 Å². The SMILES string of the molecule is COC(=O)N1CCc2nc(NC(=O)c3ccc(S(=O)(=O)N4CC(C)CC(C)C4)cc3)sc2C1. The summed E-state index contributed by atoms with van der Waals surface area (Å²) in [6.07, 6.45) is 1.23. The molecule has 3 heterocycles. The number of carbonyl (C=O) groups is 2. The number of methoxy groups -OCH3 is 1. The molecule has 9 nitrogen and oxygen atoms in total. The van der Waals surface area contributed by atoms with Gasteiger partial charge in [0.1, 0.15) is 0 Å². The quantitative estimate of drug-likeness (QED) is 0.702. The second kappa shape index (κ2) is 9.40. The van der Waals surface area contributed by atoms with Gasteiger partial charge in [-0.2, -0.15) is 4.31 Å². The Hall–Kier alpha value is -2.50. The van der Waals surface area contributed by atoms with E-state index in [-0.39, 0.29) is 16.9 Å². The summed E-state index contributed by atoms with van der Waals surface area (Å²) in [4.78, 5) is 31.6. The third kappa shape index (κ3) is 5.04. The van der Waals surface area contributed by atoms with Gasteiger partial charge in [0.05, 0.1) is 24.2 Å². The predicted molar refractivity (Wildman–Crippen MR) is 125 cm³/mol. The van der Waals surface area contributed by atoms with Crippen molar-refractivity contribution in [2.45, 2.75) is 38.1 Å². The van der Waals surface area contributed by atoms with Crippen molar-refractivity contribution >= 4 is 38.5 Å². The summed E-state index contributed by atoms with van der Waals surface area (Å²) in [6, 6.07) is 6.00. The Kier molecular flexibility index (Phi) is 6.73. The highest BCUT2D eigenvalue weighted by atomic mass is 32.2. The van der Waals surface area contributed by atoms with Gasteiger partial charge >= 0.3 is 6.09 Å². The molecule has 2 atom stereocenters. The Balaban J connectivity index is 1.43. The Labute approximate surface area is 197 Å². The number of aromatic nitrogens is 1. The fourth-order valence-corrected chi connectivity index (χ4v) is 7.13. The fourth-order valence-electron chi connectivity index (χ4n) is 4.43. The monoisotopic (exact) mass is 492 g/mol.